The van der Waals surface area contributed by atoms with Gasteiger partial charge in [0.1, 0.15) is 22.9 Å². The highest BCUT2D eigenvalue weighted by Crippen LogP contribution is 2.36. The van der Waals surface area contributed by atoms with Crippen molar-refractivity contribution >= 4 is 5.97 Å². The predicted octanol–water partition coefficient (Wildman–Crippen LogP) is 7.39. The molecule has 1 aliphatic rings. The number of esters is 1. The maximum Gasteiger partial charge on any atom is 0.349 e. The molecule has 0 radical (unpaired) electrons. The van der Waals surface area contributed by atoms with Crippen LogP contribution in [0, 0.1) is 46.8 Å². The smallest absolute Gasteiger partial charge is 0.349 e. The Labute approximate surface area is 184 Å². The number of hydrogen-bond donors (Lipinski definition) is 0. The Morgan fingerprint density at radius 2 is 1.50 bits per heavy atom. The second-order valence-electron chi connectivity index (χ2n) is 8.78. The molecule has 3 rings (SSSR count). The number of carbonyl (C=O) groups excluding carboxylic acids is 1. The fourth-order valence-electron chi connectivity index (χ4n) is 4.68. The molecule has 1 fully saturated rings. The van der Waals surface area contributed by atoms with Gasteiger partial charge < -0.3 is 4.74 Å². The number of halogens is 5. The third-order valence-electron chi connectivity index (χ3n) is 6.42. The lowest BCUT2D eigenvalue weighted by Crippen LogP contribution is -2.22. The zero-order chi connectivity index (χ0) is 23.4. The standard InChI is InChI=1S/C25H27F5O2/c1-3-4-15-5-7-17(8-6-15)14(2)9-16-10-19(26)23(20(27)11-16)25(31)32-18-12-21(28)24(30)22(29)13-18/h10-15,17H,3-9H2,1-2H3. The number of benzene rings is 2. The lowest BCUT2D eigenvalue weighted by Gasteiger charge is -2.32. The fraction of sp³-hybridized carbons (Fsp3) is 0.480. The summed E-state index contributed by atoms with van der Waals surface area (Å²) in [4.78, 5) is 12.2. The van der Waals surface area contributed by atoms with Crippen LogP contribution in [0.5, 0.6) is 5.75 Å². The van der Waals surface area contributed by atoms with Crippen molar-refractivity contribution < 1.29 is 31.5 Å². The van der Waals surface area contributed by atoms with Crippen molar-refractivity contribution in [3.63, 3.8) is 0 Å². The van der Waals surface area contributed by atoms with Crippen molar-refractivity contribution in [2.24, 2.45) is 17.8 Å². The molecular formula is C25H27F5O2. The second-order valence-corrected chi connectivity index (χ2v) is 8.78. The first kappa shape index (κ1) is 24.2. The van der Waals surface area contributed by atoms with E-state index < -0.39 is 46.4 Å². The third-order valence-corrected chi connectivity index (χ3v) is 6.42. The van der Waals surface area contributed by atoms with Crippen LogP contribution < -0.4 is 4.74 Å². The highest BCUT2D eigenvalue weighted by Gasteiger charge is 2.27. The minimum atomic E-state index is -1.74. The zero-order valence-electron chi connectivity index (χ0n) is 18.2. The lowest BCUT2D eigenvalue weighted by atomic mass is 9.73. The van der Waals surface area contributed by atoms with Crippen LogP contribution in [0.2, 0.25) is 0 Å². The van der Waals surface area contributed by atoms with Crippen LogP contribution in [0.1, 0.15) is 68.3 Å². The van der Waals surface area contributed by atoms with Crippen LogP contribution >= 0.6 is 0 Å². The Bertz CT molecular complexity index is 921. The maximum atomic E-state index is 14.6. The van der Waals surface area contributed by atoms with Gasteiger partial charge in [0.25, 0.3) is 0 Å². The minimum Gasteiger partial charge on any atom is -0.423 e. The zero-order valence-corrected chi connectivity index (χ0v) is 18.2. The molecule has 2 nitrogen and oxygen atoms in total. The number of rotatable bonds is 7. The van der Waals surface area contributed by atoms with Crippen molar-refractivity contribution in [3.05, 3.63) is 64.5 Å². The summed E-state index contributed by atoms with van der Waals surface area (Å²) in [6.07, 6.45) is 7.47. The molecule has 0 spiro atoms. The van der Waals surface area contributed by atoms with Crippen LogP contribution in [-0.2, 0) is 6.42 Å². The molecule has 0 amide bonds. The summed E-state index contributed by atoms with van der Waals surface area (Å²) in [5.41, 5.74) is -0.537. The predicted molar refractivity (Wildman–Crippen MR) is 111 cm³/mol. The first-order valence-electron chi connectivity index (χ1n) is 11.0. The van der Waals surface area contributed by atoms with Crippen LogP contribution in [-0.4, -0.2) is 5.97 Å². The largest absolute Gasteiger partial charge is 0.423 e. The monoisotopic (exact) mass is 454 g/mol. The molecule has 32 heavy (non-hydrogen) atoms. The number of ether oxygens (including phenoxy) is 1. The Morgan fingerprint density at radius 3 is 2.03 bits per heavy atom. The molecule has 1 saturated carbocycles. The summed E-state index contributed by atoms with van der Waals surface area (Å²) in [6, 6.07) is 3.03. The van der Waals surface area contributed by atoms with E-state index in [1.54, 1.807) is 0 Å². The van der Waals surface area contributed by atoms with E-state index in [0.29, 0.717) is 30.0 Å². The molecule has 1 atom stereocenters. The van der Waals surface area contributed by atoms with Gasteiger partial charge in [0.2, 0.25) is 0 Å². The van der Waals surface area contributed by atoms with E-state index in [1.807, 2.05) is 0 Å². The minimum absolute atomic E-state index is 0.236. The first-order valence-corrected chi connectivity index (χ1v) is 11.0. The first-order chi connectivity index (χ1) is 15.2. The van der Waals surface area contributed by atoms with E-state index in [2.05, 4.69) is 18.6 Å². The molecule has 0 aliphatic heterocycles. The van der Waals surface area contributed by atoms with Crippen LogP contribution in [0.3, 0.4) is 0 Å². The molecule has 0 bridgehead atoms. The fourth-order valence-corrected chi connectivity index (χ4v) is 4.68. The average Bonchev–Trinajstić information content (AvgIpc) is 2.72. The highest BCUT2D eigenvalue weighted by molar-refractivity contribution is 5.91. The Hall–Kier alpha value is -2.44. The van der Waals surface area contributed by atoms with Gasteiger partial charge in [-0.2, -0.15) is 0 Å². The van der Waals surface area contributed by atoms with Gasteiger partial charge in [-0.05, 0) is 54.7 Å². The van der Waals surface area contributed by atoms with Gasteiger partial charge in [-0.15, -0.1) is 0 Å². The lowest BCUT2D eigenvalue weighted by molar-refractivity contribution is 0.0723. The second kappa shape index (κ2) is 10.5. The van der Waals surface area contributed by atoms with Crippen LogP contribution in [0.25, 0.3) is 0 Å². The molecule has 1 unspecified atom stereocenters. The summed E-state index contributed by atoms with van der Waals surface area (Å²) >= 11 is 0. The molecule has 2 aromatic carbocycles. The van der Waals surface area contributed by atoms with Crippen molar-refractivity contribution in [2.75, 3.05) is 0 Å². The van der Waals surface area contributed by atoms with Gasteiger partial charge in [-0.3, -0.25) is 0 Å². The van der Waals surface area contributed by atoms with Crippen molar-refractivity contribution in [3.8, 4) is 5.75 Å². The van der Waals surface area contributed by atoms with Crippen LogP contribution in [0.4, 0.5) is 22.0 Å². The van der Waals surface area contributed by atoms with E-state index in [-0.39, 0.29) is 5.92 Å². The van der Waals surface area contributed by atoms with Crippen molar-refractivity contribution in [1.82, 2.24) is 0 Å². The highest BCUT2D eigenvalue weighted by atomic mass is 19.2. The van der Waals surface area contributed by atoms with Gasteiger partial charge in [0.05, 0.1) is 0 Å². The van der Waals surface area contributed by atoms with Gasteiger partial charge in [-0.25, -0.2) is 26.7 Å². The Balaban J connectivity index is 1.67. The molecular weight excluding hydrogens is 427 g/mol. The third kappa shape index (κ3) is 5.67. The Kier molecular flexibility index (Phi) is 7.91. The summed E-state index contributed by atoms with van der Waals surface area (Å²) in [7, 11) is 0. The summed E-state index contributed by atoms with van der Waals surface area (Å²) in [6.45, 7) is 4.26. The summed E-state index contributed by atoms with van der Waals surface area (Å²) < 4.78 is 73.4. The van der Waals surface area contributed by atoms with Gasteiger partial charge in [-0.1, -0.05) is 39.5 Å². The SMILES string of the molecule is CCCC1CCC(C(C)Cc2cc(F)c(C(=O)Oc3cc(F)c(F)c(F)c3)c(F)c2)CC1. The average molecular weight is 454 g/mol. The maximum absolute atomic E-state index is 14.6. The number of hydrogen-bond acceptors (Lipinski definition) is 2. The van der Waals surface area contributed by atoms with Gasteiger partial charge >= 0.3 is 5.97 Å². The van der Waals surface area contributed by atoms with E-state index in [1.165, 1.54) is 25.7 Å². The number of carbonyl (C=O) groups is 1. The van der Waals surface area contributed by atoms with Gasteiger partial charge in [0, 0.05) is 12.1 Å². The van der Waals surface area contributed by atoms with E-state index >= 15 is 0 Å². The van der Waals surface area contributed by atoms with Gasteiger partial charge in [0.15, 0.2) is 17.5 Å². The van der Waals surface area contributed by atoms with Crippen molar-refractivity contribution in [1.29, 1.82) is 0 Å². The van der Waals surface area contributed by atoms with Crippen molar-refractivity contribution in [2.45, 2.75) is 58.8 Å². The Morgan fingerprint density at radius 1 is 0.938 bits per heavy atom. The summed E-state index contributed by atoms with van der Waals surface area (Å²) in [5.74, 6) is -7.80. The topological polar surface area (TPSA) is 26.3 Å². The quantitative estimate of drug-likeness (QED) is 0.189. The molecule has 7 heteroatoms. The van der Waals surface area contributed by atoms with Crippen LogP contribution in [0.15, 0.2) is 24.3 Å². The molecule has 174 valence electrons. The summed E-state index contributed by atoms with van der Waals surface area (Å²) in [5, 5.41) is 0. The molecule has 0 N–H and O–H groups in total. The normalized spacial score (nSPS) is 19.6. The molecule has 0 saturated heterocycles. The van der Waals surface area contributed by atoms with E-state index in [4.69, 9.17) is 0 Å². The van der Waals surface area contributed by atoms with E-state index in [0.717, 1.165) is 30.9 Å². The molecule has 0 heterocycles. The van der Waals surface area contributed by atoms with E-state index in [9.17, 15) is 26.7 Å². The molecule has 1 aliphatic carbocycles. The molecule has 0 aromatic heterocycles. The molecule has 2 aromatic rings.